The fourth-order valence-electron chi connectivity index (χ4n) is 3.71. The molecular formula is C24H30N4O5. The Morgan fingerprint density at radius 2 is 1.61 bits per heavy atom. The van der Waals surface area contributed by atoms with Gasteiger partial charge in [-0.2, -0.15) is 0 Å². The van der Waals surface area contributed by atoms with Crippen LogP contribution in [0.5, 0.6) is 0 Å². The van der Waals surface area contributed by atoms with Gasteiger partial charge in [-0.25, -0.2) is 5.48 Å². The molecule has 0 bridgehead atoms. The summed E-state index contributed by atoms with van der Waals surface area (Å²) in [4.78, 5) is 39.1. The van der Waals surface area contributed by atoms with E-state index in [2.05, 4.69) is 27.7 Å². The Bertz CT molecular complexity index is 951. The summed E-state index contributed by atoms with van der Waals surface area (Å²) in [5, 5.41) is 13.6. The molecule has 0 saturated carbocycles. The number of hydrogen-bond acceptors (Lipinski definition) is 6. The van der Waals surface area contributed by atoms with Crippen molar-refractivity contribution >= 4 is 17.7 Å². The van der Waals surface area contributed by atoms with Gasteiger partial charge >= 0.3 is 0 Å². The predicted molar refractivity (Wildman–Crippen MR) is 122 cm³/mol. The smallest absolute Gasteiger partial charge is 0.278 e. The second-order valence-electron chi connectivity index (χ2n) is 8.12. The van der Waals surface area contributed by atoms with Crippen molar-refractivity contribution in [3.63, 3.8) is 0 Å². The number of ether oxygens (including phenoxy) is 1. The van der Waals surface area contributed by atoms with Gasteiger partial charge in [0.25, 0.3) is 17.7 Å². The molecule has 1 aliphatic heterocycles. The molecule has 1 heterocycles. The summed E-state index contributed by atoms with van der Waals surface area (Å²) < 4.78 is 5.51. The highest BCUT2D eigenvalue weighted by Crippen LogP contribution is 2.21. The molecule has 0 radical (unpaired) electrons. The Kier molecular flexibility index (Phi) is 8.16. The van der Waals surface area contributed by atoms with Crippen LogP contribution in [0.15, 0.2) is 48.5 Å². The lowest BCUT2D eigenvalue weighted by Gasteiger charge is -2.26. The molecule has 4 N–H and O–H groups in total. The lowest BCUT2D eigenvalue weighted by Crippen LogP contribution is -2.64. The van der Waals surface area contributed by atoms with Crippen molar-refractivity contribution in [3.8, 4) is 11.1 Å². The molecule has 0 aromatic heterocycles. The average molecular weight is 455 g/mol. The minimum Gasteiger partial charge on any atom is -0.380 e. The van der Waals surface area contributed by atoms with Crippen molar-refractivity contribution in [3.05, 3.63) is 59.7 Å². The lowest BCUT2D eigenvalue weighted by atomic mass is 9.98. The van der Waals surface area contributed by atoms with Crippen LogP contribution in [-0.4, -0.2) is 66.7 Å². The van der Waals surface area contributed by atoms with E-state index in [1.165, 1.54) is 25.0 Å². The maximum absolute atomic E-state index is 12.6. The molecule has 1 fully saturated rings. The summed E-state index contributed by atoms with van der Waals surface area (Å²) in [5.41, 5.74) is 2.91. The molecule has 1 aliphatic rings. The highest BCUT2D eigenvalue weighted by Gasteiger charge is 2.42. The largest absolute Gasteiger partial charge is 0.380 e. The first-order valence-electron chi connectivity index (χ1n) is 10.9. The molecule has 1 saturated heterocycles. The number of hydrogen-bond donors (Lipinski definition) is 4. The van der Waals surface area contributed by atoms with Gasteiger partial charge in [-0.1, -0.05) is 36.4 Å². The number of carbonyl (C=O) groups is 3. The topological polar surface area (TPSA) is 120 Å². The number of nitrogens with one attached hydrogen (secondary N) is 3. The van der Waals surface area contributed by atoms with Crippen molar-refractivity contribution in [2.24, 2.45) is 0 Å². The molecule has 176 valence electrons. The Morgan fingerprint density at radius 3 is 2.21 bits per heavy atom. The molecule has 3 amide bonds. The standard InChI is InChI=1S/C24H30N4O5/c1-24(22(30)25-2,23(31)27-32)26-21(29)20-10-8-19(9-11-20)18-6-4-17(5-7-18)16-28-12-3-14-33-15-13-28/h4-11,32H,3,12-16H2,1-2H3,(H,25,30)(H,26,29)(H,27,31). The van der Waals surface area contributed by atoms with Gasteiger partial charge < -0.3 is 15.4 Å². The van der Waals surface area contributed by atoms with Gasteiger partial charge in [0, 0.05) is 38.9 Å². The van der Waals surface area contributed by atoms with E-state index in [-0.39, 0.29) is 5.56 Å². The zero-order valence-electron chi connectivity index (χ0n) is 18.9. The van der Waals surface area contributed by atoms with E-state index in [1.54, 1.807) is 24.3 Å². The number of benzene rings is 2. The predicted octanol–water partition coefficient (Wildman–Crippen LogP) is 1.32. The van der Waals surface area contributed by atoms with E-state index in [0.717, 1.165) is 50.4 Å². The first-order chi connectivity index (χ1) is 15.9. The Morgan fingerprint density at radius 1 is 0.970 bits per heavy atom. The quantitative estimate of drug-likeness (QED) is 0.285. The molecule has 2 aromatic rings. The van der Waals surface area contributed by atoms with Gasteiger partial charge in [-0.3, -0.25) is 24.5 Å². The monoisotopic (exact) mass is 454 g/mol. The maximum Gasteiger partial charge on any atom is 0.278 e. The fourth-order valence-corrected chi connectivity index (χ4v) is 3.71. The van der Waals surface area contributed by atoms with Crippen LogP contribution in [-0.2, 0) is 20.9 Å². The number of hydroxylamine groups is 1. The molecule has 0 aliphatic carbocycles. The summed E-state index contributed by atoms with van der Waals surface area (Å²) in [6.07, 6.45) is 1.05. The first-order valence-corrected chi connectivity index (χ1v) is 10.9. The van der Waals surface area contributed by atoms with Crippen molar-refractivity contribution < 1.29 is 24.3 Å². The highest BCUT2D eigenvalue weighted by atomic mass is 16.5. The van der Waals surface area contributed by atoms with Crippen LogP contribution in [0.3, 0.4) is 0 Å². The summed E-state index contributed by atoms with van der Waals surface area (Å²) in [6, 6.07) is 15.2. The van der Waals surface area contributed by atoms with Gasteiger partial charge in [-0.15, -0.1) is 0 Å². The van der Waals surface area contributed by atoms with E-state index < -0.39 is 23.3 Å². The summed E-state index contributed by atoms with van der Waals surface area (Å²) >= 11 is 0. The minimum atomic E-state index is -1.96. The van der Waals surface area contributed by atoms with E-state index in [1.807, 2.05) is 12.1 Å². The summed E-state index contributed by atoms with van der Waals surface area (Å²) in [6.45, 7) is 5.65. The van der Waals surface area contributed by atoms with Crippen LogP contribution in [0, 0.1) is 0 Å². The normalized spacial score (nSPS) is 16.2. The van der Waals surface area contributed by atoms with E-state index in [9.17, 15) is 14.4 Å². The molecular weight excluding hydrogens is 424 g/mol. The third-order valence-electron chi connectivity index (χ3n) is 5.76. The molecule has 1 atom stereocenters. The molecule has 9 nitrogen and oxygen atoms in total. The number of likely N-dealkylation sites (N-methyl/N-ethyl adjacent to an activating group) is 1. The number of nitrogens with zero attached hydrogens (tertiary/aromatic N) is 1. The third kappa shape index (κ3) is 5.95. The molecule has 1 unspecified atom stereocenters. The van der Waals surface area contributed by atoms with E-state index >= 15 is 0 Å². The van der Waals surface area contributed by atoms with Crippen molar-refractivity contribution in [1.82, 2.24) is 21.0 Å². The van der Waals surface area contributed by atoms with Crippen LogP contribution >= 0.6 is 0 Å². The van der Waals surface area contributed by atoms with Gasteiger partial charge in [-0.05, 0) is 42.2 Å². The zero-order valence-corrected chi connectivity index (χ0v) is 18.9. The second kappa shape index (κ2) is 11.0. The molecule has 3 rings (SSSR count). The van der Waals surface area contributed by atoms with Crippen LogP contribution in [0.1, 0.15) is 29.3 Å². The fraction of sp³-hybridized carbons (Fsp3) is 0.375. The average Bonchev–Trinajstić information content (AvgIpc) is 3.12. The van der Waals surface area contributed by atoms with Gasteiger partial charge in [0.1, 0.15) is 0 Å². The van der Waals surface area contributed by atoms with Gasteiger partial charge in [0.2, 0.25) is 0 Å². The van der Waals surface area contributed by atoms with Gasteiger partial charge in [0.05, 0.1) is 6.61 Å². The van der Waals surface area contributed by atoms with Crippen molar-refractivity contribution in [2.45, 2.75) is 25.4 Å². The van der Waals surface area contributed by atoms with Crippen LogP contribution in [0.4, 0.5) is 0 Å². The molecule has 33 heavy (non-hydrogen) atoms. The number of amides is 3. The van der Waals surface area contributed by atoms with Crippen molar-refractivity contribution in [2.75, 3.05) is 33.4 Å². The molecule has 2 aromatic carbocycles. The Labute approximate surface area is 193 Å². The highest BCUT2D eigenvalue weighted by molar-refractivity contribution is 6.12. The first kappa shape index (κ1) is 24.4. The maximum atomic E-state index is 12.6. The van der Waals surface area contributed by atoms with Gasteiger partial charge in [0.15, 0.2) is 5.54 Å². The Balaban J connectivity index is 1.67. The molecule has 9 heteroatoms. The van der Waals surface area contributed by atoms with Crippen LogP contribution < -0.4 is 16.1 Å². The van der Waals surface area contributed by atoms with Crippen LogP contribution in [0.25, 0.3) is 11.1 Å². The summed E-state index contributed by atoms with van der Waals surface area (Å²) in [7, 11) is 1.33. The number of carbonyl (C=O) groups excluding carboxylic acids is 3. The SMILES string of the molecule is CNC(=O)C(C)(NC(=O)c1ccc(-c2ccc(CN3CCCOCC3)cc2)cc1)C(=O)NO. The van der Waals surface area contributed by atoms with Crippen molar-refractivity contribution in [1.29, 1.82) is 0 Å². The van der Waals surface area contributed by atoms with E-state index in [4.69, 9.17) is 9.94 Å². The number of rotatable bonds is 7. The van der Waals surface area contributed by atoms with Crippen LogP contribution in [0.2, 0.25) is 0 Å². The molecule has 0 spiro atoms. The summed E-state index contributed by atoms with van der Waals surface area (Å²) in [5.74, 6) is -2.42. The minimum absolute atomic E-state index is 0.277. The third-order valence-corrected chi connectivity index (χ3v) is 5.76. The Hall–Kier alpha value is -3.27. The van der Waals surface area contributed by atoms with E-state index in [0.29, 0.717) is 0 Å². The second-order valence-corrected chi connectivity index (χ2v) is 8.12. The lowest BCUT2D eigenvalue weighted by molar-refractivity contribution is -0.143. The zero-order chi connectivity index (χ0) is 23.8.